The topological polar surface area (TPSA) is 90.1 Å². The van der Waals surface area contributed by atoms with Gasteiger partial charge in [0, 0.05) is 23.6 Å². The highest BCUT2D eigenvalue weighted by molar-refractivity contribution is 5.83. The van der Waals surface area contributed by atoms with Gasteiger partial charge in [0.2, 0.25) is 0 Å². The average molecular weight is 274 g/mol. The normalized spacial score (nSPS) is 11.3. The van der Waals surface area contributed by atoms with Gasteiger partial charge >= 0.3 is 6.09 Å². The highest BCUT2D eigenvalue weighted by Gasteiger charge is 2.16. The van der Waals surface area contributed by atoms with Crippen LogP contribution in [-0.2, 0) is 11.3 Å². The maximum absolute atomic E-state index is 11.7. The Morgan fingerprint density at radius 3 is 2.70 bits per heavy atom. The van der Waals surface area contributed by atoms with Gasteiger partial charge in [0.1, 0.15) is 5.60 Å². The smallest absolute Gasteiger partial charge is 0.407 e. The number of hydrogen-bond acceptors (Lipinski definition) is 5. The van der Waals surface area contributed by atoms with Crippen molar-refractivity contribution in [1.82, 2.24) is 15.3 Å². The van der Waals surface area contributed by atoms with Crippen molar-refractivity contribution in [3.8, 4) is 0 Å². The summed E-state index contributed by atoms with van der Waals surface area (Å²) in [5, 5.41) is 2.68. The lowest BCUT2D eigenvalue weighted by Crippen LogP contribution is -2.32. The molecule has 1 aromatic carbocycles. The molecule has 0 radical (unpaired) electrons. The van der Waals surface area contributed by atoms with E-state index >= 15 is 0 Å². The molecule has 0 saturated heterocycles. The summed E-state index contributed by atoms with van der Waals surface area (Å²) in [4.78, 5) is 20.1. The zero-order valence-corrected chi connectivity index (χ0v) is 11.8. The highest BCUT2D eigenvalue weighted by Crippen LogP contribution is 2.20. The molecule has 1 heterocycles. The number of alkyl carbamates (subject to hydrolysis) is 1. The van der Waals surface area contributed by atoms with E-state index in [1.165, 1.54) is 0 Å². The highest BCUT2D eigenvalue weighted by atomic mass is 16.6. The van der Waals surface area contributed by atoms with Crippen LogP contribution < -0.4 is 11.1 Å². The van der Waals surface area contributed by atoms with Gasteiger partial charge in [-0.25, -0.2) is 4.79 Å². The van der Waals surface area contributed by atoms with E-state index in [0.717, 1.165) is 11.1 Å². The fraction of sp³-hybridized carbons (Fsp3) is 0.357. The zero-order chi connectivity index (χ0) is 14.8. The predicted octanol–water partition coefficient (Wildman–Crippen LogP) is 2.24. The Morgan fingerprint density at radius 2 is 2.00 bits per heavy atom. The van der Waals surface area contributed by atoms with Gasteiger partial charge in [-0.2, -0.15) is 0 Å². The Morgan fingerprint density at radius 1 is 1.30 bits per heavy atom. The number of aromatic nitrogens is 2. The molecule has 0 atom stereocenters. The summed E-state index contributed by atoms with van der Waals surface area (Å²) < 4.78 is 5.18. The second-order valence-electron chi connectivity index (χ2n) is 5.41. The first-order chi connectivity index (χ1) is 9.37. The van der Waals surface area contributed by atoms with Crippen LogP contribution in [0, 0.1) is 0 Å². The second-order valence-corrected chi connectivity index (χ2v) is 5.41. The molecule has 0 aliphatic carbocycles. The van der Waals surface area contributed by atoms with E-state index in [0.29, 0.717) is 11.2 Å². The van der Waals surface area contributed by atoms with Crippen molar-refractivity contribution in [2.75, 3.05) is 5.73 Å². The van der Waals surface area contributed by atoms with Crippen molar-refractivity contribution < 1.29 is 9.53 Å². The lowest BCUT2D eigenvalue weighted by molar-refractivity contribution is 0.0524. The Labute approximate surface area is 117 Å². The summed E-state index contributed by atoms with van der Waals surface area (Å²) in [6.07, 6.45) is 2.72. The number of rotatable bonds is 2. The first-order valence-electron chi connectivity index (χ1n) is 6.32. The third-order valence-corrected chi connectivity index (χ3v) is 2.59. The van der Waals surface area contributed by atoms with Gasteiger partial charge in [0.05, 0.1) is 17.6 Å². The molecule has 0 aliphatic heterocycles. The summed E-state index contributed by atoms with van der Waals surface area (Å²) in [7, 11) is 0. The fourth-order valence-electron chi connectivity index (χ4n) is 1.77. The molecule has 1 amide bonds. The number of hydrogen-bond donors (Lipinski definition) is 2. The minimum atomic E-state index is -0.534. The van der Waals surface area contributed by atoms with Crippen LogP contribution >= 0.6 is 0 Å². The van der Waals surface area contributed by atoms with E-state index < -0.39 is 11.7 Å². The van der Waals surface area contributed by atoms with Crippen molar-refractivity contribution in [3.63, 3.8) is 0 Å². The van der Waals surface area contributed by atoms with Crippen LogP contribution in [0.25, 0.3) is 11.0 Å². The molecule has 106 valence electrons. The fourth-order valence-corrected chi connectivity index (χ4v) is 1.77. The van der Waals surface area contributed by atoms with Gasteiger partial charge < -0.3 is 15.8 Å². The van der Waals surface area contributed by atoms with Crippen LogP contribution in [0.4, 0.5) is 10.5 Å². The van der Waals surface area contributed by atoms with Crippen molar-refractivity contribution in [2.45, 2.75) is 32.9 Å². The average Bonchev–Trinajstić information content (AvgIpc) is 2.35. The number of anilines is 1. The third kappa shape index (κ3) is 3.34. The standard InChI is InChI=1S/C14H18N4O2/c1-14(2,3)20-13(19)18-8-9-10(15)4-5-11-12(9)17-7-6-16-11/h4-7H,8,15H2,1-3H3,(H,18,19). The van der Waals surface area contributed by atoms with E-state index in [1.54, 1.807) is 24.5 Å². The number of carbonyl (C=O) groups is 1. The van der Waals surface area contributed by atoms with Gasteiger partial charge in [0.25, 0.3) is 0 Å². The van der Waals surface area contributed by atoms with Crippen molar-refractivity contribution in [2.24, 2.45) is 0 Å². The number of fused-ring (bicyclic) bond motifs is 1. The number of amides is 1. The Balaban J connectivity index is 2.18. The summed E-state index contributed by atoms with van der Waals surface area (Å²) in [5.41, 5.74) is 8.13. The summed E-state index contributed by atoms with van der Waals surface area (Å²) in [6.45, 7) is 5.68. The maximum atomic E-state index is 11.7. The largest absolute Gasteiger partial charge is 0.444 e. The monoisotopic (exact) mass is 274 g/mol. The quantitative estimate of drug-likeness (QED) is 0.820. The molecule has 1 aromatic heterocycles. The summed E-state index contributed by atoms with van der Waals surface area (Å²) >= 11 is 0. The molecule has 0 aliphatic rings. The number of nitrogens with one attached hydrogen (secondary N) is 1. The van der Waals surface area contributed by atoms with Crippen LogP contribution in [0.1, 0.15) is 26.3 Å². The number of carbonyl (C=O) groups excluding carboxylic acids is 1. The van der Waals surface area contributed by atoms with Crippen molar-refractivity contribution in [3.05, 3.63) is 30.1 Å². The first kappa shape index (κ1) is 14.0. The van der Waals surface area contributed by atoms with Gasteiger partial charge in [-0.3, -0.25) is 9.97 Å². The third-order valence-electron chi connectivity index (χ3n) is 2.59. The summed E-state index contributed by atoms with van der Waals surface area (Å²) in [6, 6.07) is 3.55. The molecule has 20 heavy (non-hydrogen) atoms. The molecular formula is C14H18N4O2. The van der Waals surface area contributed by atoms with Gasteiger partial charge in [-0.05, 0) is 32.9 Å². The molecule has 0 spiro atoms. The molecule has 0 fully saturated rings. The molecule has 6 nitrogen and oxygen atoms in total. The van der Waals surface area contributed by atoms with Gasteiger partial charge in [-0.15, -0.1) is 0 Å². The van der Waals surface area contributed by atoms with E-state index in [1.807, 2.05) is 20.8 Å². The van der Waals surface area contributed by atoms with E-state index in [-0.39, 0.29) is 6.54 Å². The minimum absolute atomic E-state index is 0.247. The van der Waals surface area contributed by atoms with E-state index in [9.17, 15) is 4.79 Å². The van der Waals surface area contributed by atoms with Crippen LogP contribution in [0.2, 0.25) is 0 Å². The molecule has 2 aromatic rings. The van der Waals surface area contributed by atoms with Crippen molar-refractivity contribution >= 4 is 22.8 Å². The van der Waals surface area contributed by atoms with Crippen LogP contribution in [0.15, 0.2) is 24.5 Å². The maximum Gasteiger partial charge on any atom is 0.407 e. The van der Waals surface area contributed by atoms with Gasteiger partial charge in [0.15, 0.2) is 0 Å². The molecular weight excluding hydrogens is 256 g/mol. The van der Waals surface area contributed by atoms with Crippen LogP contribution in [-0.4, -0.2) is 21.7 Å². The molecule has 0 unspecified atom stereocenters. The lowest BCUT2D eigenvalue weighted by atomic mass is 10.1. The van der Waals surface area contributed by atoms with Crippen LogP contribution in [0.3, 0.4) is 0 Å². The molecule has 3 N–H and O–H groups in total. The lowest BCUT2D eigenvalue weighted by Gasteiger charge is -2.20. The second kappa shape index (κ2) is 5.32. The van der Waals surface area contributed by atoms with E-state index in [4.69, 9.17) is 10.5 Å². The Bertz CT molecular complexity index is 635. The van der Waals surface area contributed by atoms with Gasteiger partial charge in [-0.1, -0.05) is 0 Å². The van der Waals surface area contributed by atoms with Crippen LogP contribution in [0.5, 0.6) is 0 Å². The minimum Gasteiger partial charge on any atom is -0.444 e. The Kier molecular flexibility index (Phi) is 3.74. The SMILES string of the molecule is CC(C)(C)OC(=O)NCc1c(N)ccc2nccnc12. The summed E-state index contributed by atoms with van der Waals surface area (Å²) in [5.74, 6) is 0. The predicted molar refractivity (Wildman–Crippen MR) is 77.0 cm³/mol. The number of nitrogens with two attached hydrogens (primary N) is 1. The number of benzene rings is 1. The number of nitrogen functional groups attached to an aromatic ring is 1. The molecule has 2 rings (SSSR count). The number of ether oxygens (including phenoxy) is 1. The molecule has 0 saturated carbocycles. The molecule has 6 heteroatoms. The zero-order valence-electron chi connectivity index (χ0n) is 11.8. The molecule has 0 bridgehead atoms. The van der Waals surface area contributed by atoms with Crippen molar-refractivity contribution in [1.29, 1.82) is 0 Å². The van der Waals surface area contributed by atoms with E-state index in [2.05, 4.69) is 15.3 Å². The Hall–Kier alpha value is -2.37. The first-order valence-corrected chi connectivity index (χ1v) is 6.32. The number of nitrogens with zero attached hydrogens (tertiary/aromatic N) is 2.